The van der Waals surface area contributed by atoms with Crippen LogP contribution >= 0.6 is 23.2 Å². The maximum atomic E-state index is 11.0. The fourth-order valence-corrected chi connectivity index (χ4v) is 1.45. The van der Waals surface area contributed by atoms with E-state index in [1.54, 1.807) is 20.8 Å². The van der Waals surface area contributed by atoms with Gasteiger partial charge in [0.15, 0.2) is 0 Å². The molecule has 0 aliphatic rings. The van der Waals surface area contributed by atoms with Gasteiger partial charge in [0, 0.05) is 0 Å². The second-order valence-electron chi connectivity index (χ2n) is 3.92. The topological polar surface area (TPSA) is 34.1 Å². The molecule has 0 aliphatic heterocycles. The summed E-state index contributed by atoms with van der Waals surface area (Å²) in [7, 11) is 0. The van der Waals surface area contributed by atoms with E-state index >= 15 is 0 Å². The monoisotopic (exact) mass is 210 g/mol. The van der Waals surface area contributed by atoms with E-state index in [0.29, 0.717) is 0 Å². The average molecular weight is 211 g/mol. The molecule has 0 atom stereocenters. The van der Waals surface area contributed by atoms with Gasteiger partial charge in [-0.15, -0.1) is 0 Å². The maximum absolute atomic E-state index is 11.0. The van der Waals surface area contributed by atoms with Gasteiger partial charge in [0.1, 0.15) is 5.41 Å². The lowest BCUT2D eigenvalue weighted by Crippen LogP contribution is -2.43. The molecule has 0 unspecified atom stereocenters. The van der Waals surface area contributed by atoms with Crippen molar-refractivity contribution in [2.45, 2.75) is 27.7 Å². The van der Waals surface area contributed by atoms with Crippen molar-refractivity contribution < 1.29 is 9.59 Å². The molecule has 0 spiro atoms. The number of rotatable bonds is 2. The molecule has 0 N–H and O–H groups in total. The minimum atomic E-state index is -1.31. The second-order valence-corrected chi connectivity index (χ2v) is 4.61. The van der Waals surface area contributed by atoms with Gasteiger partial charge in [-0.05, 0) is 35.5 Å². The number of hydrogen-bond donors (Lipinski definition) is 0. The largest absolute Gasteiger partial charge is 0.280 e. The molecule has 0 saturated heterocycles. The smallest absolute Gasteiger partial charge is 0.236 e. The molecule has 0 aliphatic carbocycles. The van der Waals surface area contributed by atoms with Gasteiger partial charge in [0.25, 0.3) is 0 Å². The van der Waals surface area contributed by atoms with E-state index in [2.05, 4.69) is 0 Å². The third-order valence-corrected chi connectivity index (χ3v) is 3.04. The first-order chi connectivity index (χ1) is 5.14. The highest BCUT2D eigenvalue weighted by molar-refractivity contribution is 6.74. The standard InChI is InChI=1S/C8H12Cl2O2/c1-7(2,3)8(4,5(9)11)6(10)12/h1-4H3. The lowest BCUT2D eigenvalue weighted by atomic mass is 9.69. The van der Waals surface area contributed by atoms with Crippen molar-refractivity contribution in [3.63, 3.8) is 0 Å². The molecule has 0 aromatic heterocycles. The molecule has 0 bridgehead atoms. The predicted molar refractivity (Wildman–Crippen MR) is 49.3 cm³/mol. The van der Waals surface area contributed by atoms with E-state index in [9.17, 15) is 9.59 Å². The lowest BCUT2D eigenvalue weighted by Gasteiger charge is -2.34. The van der Waals surface area contributed by atoms with Crippen LogP contribution in [0.25, 0.3) is 0 Å². The highest BCUT2D eigenvalue weighted by Crippen LogP contribution is 2.42. The molecule has 70 valence electrons. The fraction of sp³-hybridized carbons (Fsp3) is 0.750. The summed E-state index contributed by atoms with van der Waals surface area (Å²) in [6.07, 6.45) is 0. The summed E-state index contributed by atoms with van der Waals surface area (Å²) in [5.41, 5.74) is -1.87. The molecule has 0 amide bonds. The van der Waals surface area contributed by atoms with Crippen molar-refractivity contribution in [1.29, 1.82) is 0 Å². The van der Waals surface area contributed by atoms with Gasteiger partial charge in [0.2, 0.25) is 10.5 Å². The van der Waals surface area contributed by atoms with Crippen LogP contribution in [-0.4, -0.2) is 10.5 Å². The van der Waals surface area contributed by atoms with Crippen LogP contribution in [0.15, 0.2) is 0 Å². The Bertz CT molecular complexity index is 202. The number of carbonyl (C=O) groups is 2. The third-order valence-electron chi connectivity index (χ3n) is 2.29. The summed E-state index contributed by atoms with van der Waals surface area (Å²) in [5, 5.41) is -1.43. The first-order valence-corrected chi connectivity index (χ1v) is 4.29. The Balaban J connectivity index is 5.17. The Kier molecular flexibility index (Phi) is 3.32. The van der Waals surface area contributed by atoms with Crippen molar-refractivity contribution in [1.82, 2.24) is 0 Å². The third kappa shape index (κ3) is 1.80. The molecule has 0 rings (SSSR count). The SMILES string of the molecule is CC(C)(C)C(C)(C(=O)Cl)C(=O)Cl. The van der Waals surface area contributed by atoms with Gasteiger partial charge in [-0.2, -0.15) is 0 Å². The van der Waals surface area contributed by atoms with Gasteiger partial charge in [-0.1, -0.05) is 20.8 Å². The Morgan fingerprint density at radius 3 is 1.17 bits per heavy atom. The zero-order valence-electron chi connectivity index (χ0n) is 7.57. The van der Waals surface area contributed by atoms with Gasteiger partial charge in [0.05, 0.1) is 0 Å². The Labute approximate surface area is 82.2 Å². The second kappa shape index (κ2) is 3.35. The highest BCUT2D eigenvalue weighted by Gasteiger charge is 2.48. The Morgan fingerprint density at radius 1 is 0.917 bits per heavy atom. The minimum Gasteiger partial charge on any atom is -0.280 e. The summed E-state index contributed by atoms with van der Waals surface area (Å²) < 4.78 is 0. The predicted octanol–water partition coefficient (Wildman–Crippen LogP) is 2.57. The zero-order chi connectivity index (χ0) is 10.2. The summed E-state index contributed by atoms with van der Waals surface area (Å²) in [6, 6.07) is 0. The van der Waals surface area contributed by atoms with E-state index in [-0.39, 0.29) is 0 Å². The van der Waals surface area contributed by atoms with E-state index in [1.807, 2.05) is 0 Å². The number of carbonyl (C=O) groups excluding carboxylic acids is 2. The molecular weight excluding hydrogens is 199 g/mol. The van der Waals surface area contributed by atoms with Crippen molar-refractivity contribution in [2.75, 3.05) is 0 Å². The van der Waals surface area contributed by atoms with Crippen LogP contribution in [0.2, 0.25) is 0 Å². The minimum absolute atomic E-state index is 0.565. The maximum Gasteiger partial charge on any atom is 0.236 e. The number of hydrogen-bond acceptors (Lipinski definition) is 2. The highest BCUT2D eigenvalue weighted by atomic mass is 35.5. The molecule has 0 aromatic rings. The summed E-state index contributed by atoms with van der Waals surface area (Å²) in [6.45, 7) is 6.69. The zero-order valence-corrected chi connectivity index (χ0v) is 9.08. The molecule has 0 fully saturated rings. The average Bonchev–Trinajstić information content (AvgIpc) is 1.82. The van der Waals surface area contributed by atoms with Gasteiger partial charge >= 0.3 is 0 Å². The van der Waals surface area contributed by atoms with E-state index < -0.39 is 21.3 Å². The molecule has 0 radical (unpaired) electrons. The molecule has 0 aromatic carbocycles. The Hall–Kier alpha value is -0.0800. The van der Waals surface area contributed by atoms with Gasteiger partial charge in [-0.25, -0.2) is 0 Å². The quantitative estimate of drug-likeness (QED) is 0.519. The Morgan fingerprint density at radius 2 is 1.17 bits per heavy atom. The van der Waals surface area contributed by atoms with E-state index in [0.717, 1.165) is 0 Å². The fourth-order valence-electron chi connectivity index (χ4n) is 0.667. The van der Waals surface area contributed by atoms with Crippen LogP contribution in [0, 0.1) is 10.8 Å². The first kappa shape index (κ1) is 11.9. The first-order valence-electron chi connectivity index (χ1n) is 3.54. The van der Waals surface area contributed by atoms with E-state index in [1.165, 1.54) is 6.92 Å². The summed E-state index contributed by atoms with van der Waals surface area (Å²) >= 11 is 10.6. The van der Waals surface area contributed by atoms with Crippen LogP contribution in [0.5, 0.6) is 0 Å². The molecule has 4 heteroatoms. The van der Waals surface area contributed by atoms with Crippen LogP contribution in [-0.2, 0) is 9.59 Å². The van der Waals surface area contributed by atoms with Crippen molar-refractivity contribution in [3.8, 4) is 0 Å². The molecule has 0 heterocycles. The van der Waals surface area contributed by atoms with Crippen molar-refractivity contribution in [2.24, 2.45) is 10.8 Å². The van der Waals surface area contributed by atoms with Crippen LogP contribution in [0.1, 0.15) is 27.7 Å². The molecule has 12 heavy (non-hydrogen) atoms. The molecule has 0 saturated carbocycles. The van der Waals surface area contributed by atoms with Crippen molar-refractivity contribution in [3.05, 3.63) is 0 Å². The van der Waals surface area contributed by atoms with Gasteiger partial charge < -0.3 is 0 Å². The van der Waals surface area contributed by atoms with Crippen LogP contribution < -0.4 is 0 Å². The number of halogens is 2. The van der Waals surface area contributed by atoms with Crippen molar-refractivity contribution >= 4 is 33.7 Å². The normalized spacial score (nSPS) is 12.8. The van der Waals surface area contributed by atoms with Crippen LogP contribution in [0.3, 0.4) is 0 Å². The summed E-state index contributed by atoms with van der Waals surface area (Å²) in [4.78, 5) is 22.0. The summed E-state index contributed by atoms with van der Waals surface area (Å²) in [5.74, 6) is 0. The van der Waals surface area contributed by atoms with E-state index in [4.69, 9.17) is 23.2 Å². The lowest BCUT2D eigenvalue weighted by molar-refractivity contribution is -0.136. The van der Waals surface area contributed by atoms with Gasteiger partial charge in [-0.3, -0.25) is 9.59 Å². The molecular formula is C8H12Cl2O2. The molecule has 2 nitrogen and oxygen atoms in total. The van der Waals surface area contributed by atoms with Crippen LogP contribution in [0.4, 0.5) is 0 Å².